The highest BCUT2D eigenvalue weighted by Crippen LogP contribution is 2.34. The van der Waals surface area contributed by atoms with E-state index < -0.39 is 15.6 Å². The van der Waals surface area contributed by atoms with Gasteiger partial charge in [0, 0.05) is 26.2 Å². The molecule has 3 rings (SSSR count). The fraction of sp³-hybridized carbons (Fsp3) is 0.696. The van der Waals surface area contributed by atoms with Crippen molar-refractivity contribution in [1.29, 1.82) is 0 Å². The third-order valence-electron chi connectivity index (χ3n) is 6.09. The third kappa shape index (κ3) is 6.99. The van der Waals surface area contributed by atoms with Gasteiger partial charge in [-0.3, -0.25) is 0 Å². The highest BCUT2D eigenvalue weighted by Gasteiger charge is 2.28. The number of carbonyl (C=O) groups is 1. The van der Waals surface area contributed by atoms with Crippen LogP contribution in [-0.2, 0) is 14.8 Å². The molecule has 0 saturated carbocycles. The first kappa shape index (κ1) is 25.1. The van der Waals surface area contributed by atoms with Gasteiger partial charge in [-0.05, 0) is 76.0 Å². The van der Waals surface area contributed by atoms with E-state index in [0.717, 1.165) is 31.2 Å². The summed E-state index contributed by atoms with van der Waals surface area (Å²) in [6, 6.07) is 5.90. The molecule has 0 spiro atoms. The molecule has 7 nitrogen and oxygen atoms in total. The summed E-state index contributed by atoms with van der Waals surface area (Å²) in [7, 11) is -3.12. The van der Waals surface area contributed by atoms with Crippen LogP contribution < -0.4 is 4.74 Å². The van der Waals surface area contributed by atoms with Gasteiger partial charge in [-0.1, -0.05) is 17.7 Å². The minimum atomic E-state index is -3.12. The van der Waals surface area contributed by atoms with Gasteiger partial charge in [-0.25, -0.2) is 17.5 Å². The topological polar surface area (TPSA) is 76.2 Å². The molecule has 2 saturated heterocycles. The summed E-state index contributed by atoms with van der Waals surface area (Å²) in [6.45, 7) is 8.61. The predicted molar refractivity (Wildman–Crippen MR) is 126 cm³/mol. The van der Waals surface area contributed by atoms with Gasteiger partial charge in [0.25, 0.3) is 0 Å². The summed E-state index contributed by atoms with van der Waals surface area (Å²) in [4.78, 5) is 14.0. The van der Waals surface area contributed by atoms with Crippen LogP contribution in [0.25, 0.3) is 0 Å². The van der Waals surface area contributed by atoms with Crippen molar-refractivity contribution in [2.75, 3.05) is 39.0 Å². The average Bonchev–Trinajstić information content (AvgIpc) is 2.71. The van der Waals surface area contributed by atoms with Gasteiger partial charge in [0.1, 0.15) is 11.4 Å². The molecule has 1 aromatic rings. The Morgan fingerprint density at radius 3 is 2.25 bits per heavy atom. The zero-order valence-electron chi connectivity index (χ0n) is 19.5. The Bertz CT molecular complexity index is 899. The maximum atomic E-state index is 12.2. The van der Waals surface area contributed by atoms with E-state index in [0.29, 0.717) is 55.4 Å². The van der Waals surface area contributed by atoms with Gasteiger partial charge in [-0.2, -0.15) is 0 Å². The quantitative estimate of drug-likeness (QED) is 0.612. The molecule has 2 aliphatic rings. The minimum absolute atomic E-state index is 0.252. The molecule has 1 amide bonds. The summed E-state index contributed by atoms with van der Waals surface area (Å²) in [5.74, 6) is 1.33. The van der Waals surface area contributed by atoms with Gasteiger partial charge in [0.15, 0.2) is 0 Å². The molecule has 0 unspecified atom stereocenters. The number of ether oxygens (including phenoxy) is 2. The Morgan fingerprint density at radius 1 is 1.09 bits per heavy atom. The summed E-state index contributed by atoms with van der Waals surface area (Å²) in [5, 5.41) is 0.583. The molecule has 0 bridgehead atoms. The van der Waals surface area contributed by atoms with Gasteiger partial charge < -0.3 is 14.4 Å². The highest BCUT2D eigenvalue weighted by atomic mass is 35.5. The van der Waals surface area contributed by atoms with Crippen LogP contribution >= 0.6 is 11.6 Å². The second-order valence-corrected chi connectivity index (χ2v) is 12.2. The van der Waals surface area contributed by atoms with Crippen LogP contribution in [0.4, 0.5) is 4.79 Å². The maximum absolute atomic E-state index is 12.2. The number of amides is 1. The number of halogens is 1. The third-order valence-corrected chi connectivity index (χ3v) is 7.69. The molecule has 0 atom stereocenters. The lowest BCUT2D eigenvalue weighted by atomic mass is 9.90. The van der Waals surface area contributed by atoms with Crippen LogP contribution in [-0.4, -0.2) is 68.4 Å². The van der Waals surface area contributed by atoms with Crippen LogP contribution in [0, 0.1) is 5.92 Å². The Hall–Kier alpha value is -1.51. The smallest absolute Gasteiger partial charge is 0.410 e. The fourth-order valence-electron chi connectivity index (χ4n) is 4.23. The second kappa shape index (κ2) is 10.2. The molecular formula is C23H35ClN2O5S. The molecule has 1 aromatic carbocycles. The fourth-order valence-corrected chi connectivity index (χ4v) is 5.34. The molecule has 9 heteroatoms. The monoisotopic (exact) mass is 486 g/mol. The van der Waals surface area contributed by atoms with Crippen molar-refractivity contribution < 1.29 is 22.7 Å². The number of benzene rings is 1. The Balaban J connectivity index is 1.46. The van der Waals surface area contributed by atoms with Crippen molar-refractivity contribution in [1.82, 2.24) is 9.21 Å². The van der Waals surface area contributed by atoms with Gasteiger partial charge in [0.2, 0.25) is 10.0 Å². The van der Waals surface area contributed by atoms with Crippen molar-refractivity contribution in [3.05, 3.63) is 28.8 Å². The molecule has 0 aromatic heterocycles. The summed E-state index contributed by atoms with van der Waals surface area (Å²) in [6.07, 6.45) is 4.33. The maximum Gasteiger partial charge on any atom is 0.410 e. The number of likely N-dealkylation sites (tertiary alicyclic amines) is 1. The first-order valence-electron chi connectivity index (χ1n) is 11.3. The molecule has 2 fully saturated rings. The van der Waals surface area contributed by atoms with Crippen molar-refractivity contribution >= 4 is 27.7 Å². The van der Waals surface area contributed by atoms with E-state index in [1.165, 1.54) is 10.6 Å². The van der Waals surface area contributed by atoms with E-state index in [1.54, 1.807) is 4.90 Å². The van der Waals surface area contributed by atoms with Crippen LogP contribution in [0.5, 0.6) is 5.75 Å². The molecule has 0 radical (unpaired) electrons. The van der Waals surface area contributed by atoms with Crippen molar-refractivity contribution in [2.45, 2.75) is 58.0 Å². The molecule has 2 heterocycles. The van der Waals surface area contributed by atoms with E-state index in [4.69, 9.17) is 21.1 Å². The lowest BCUT2D eigenvalue weighted by Gasteiger charge is -2.33. The van der Waals surface area contributed by atoms with Gasteiger partial charge in [-0.15, -0.1) is 0 Å². The average molecular weight is 487 g/mol. The minimum Gasteiger partial charge on any atom is -0.492 e. The number of carbonyl (C=O) groups excluding carboxylic acids is 1. The molecule has 2 aliphatic heterocycles. The van der Waals surface area contributed by atoms with Crippen LogP contribution in [0.15, 0.2) is 18.2 Å². The number of hydrogen-bond acceptors (Lipinski definition) is 5. The van der Waals surface area contributed by atoms with E-state index in [2.05, 4.69) is 0 Å². The molecule has 180 valence electrons. The first-order valence-corrected chi connectivity index (χ1v) is 13.5. The summed E-state index contributed by atoms with van der Waals surface area (Å²) in [5.41, 5.74) is 0.645. The Morgan fingerprint density at radius 2 is 1.72 bits per heavy atom. The molecule has 0 aliphatic carbocycles. The predicted octanol–water partition coefficient (Wildman–Crippen LogP) is 4.50. The molecular weight excluding hydrogens is 452 g/mol. The number of rotatable bonds is 5. The van der Waals surface area contributed by atoms with Crippen molar-refractivity contribution in [3.63, 3.8) is 0 Å². The molecule has 32 heavy (non-hydrogen) atoms. The normalized spacial score (nSPS) is 19.7. The number of hydrogen-bond donors (Lipinski definition) is 0. The second-order valence-electron chi connectivity index (χ2n) is 9.85. The van der Waals surface area contributed by atoms with Crippen molar-refractivity contribution in [2.24, 2.45) is 5.92 Å². The number of piperidine rings is 2. The highest BCUT2D eigenvalue weighted by molar-refractivity contribution is 7.88. The molecule has 0 N–H and O–H groups in total. The van der Waals surface area contributed by atoms with Crippen LogP contribution in [0.3, 0.4) is 0 Å². The van der Waals surface area contributed by atoms with E-state index in [1.807, 2.05) is 39.0 Å². The standard InChI is InChI=1S/C23H35ClN2O5S/c1-23(2,3)31-22(27)25-11-7-17(8-12-25)16-30-21-6-5-19(15-20(21)24)18-9-13-26(14-10-18)32(4,28)29/h5-6,15,17-18H,7-14,16H2,1-4H3. The summed E-state index contributed by atoms with van der Waals surface area (Å²) >= 11 is 6.49. The zero-order valence-corrected chi connectivity index (χ0v) is 21.0. The summed E-state index contributed by atoms with van der Waals surface area (Å²) < 4.78 is 36.4. The van der Waals surface area contributed by atoms with E-state index in [-0.39, 0.29) is 6.09 Å². The lowest BCUT2D eigenvalue weighted by molar-refractivity contribution is 0.0165. The Kier molecular flexibility index (Phi) is 7.99. The SMILES string of the molecule is CC(C)(C)OC(=O)N1CCC(COc2ccc(C3CCN(S(C)(=O)=O)CC3)cc2Cl)CC1. The Labute approximate surface area is 197 Å². The lowest BCUT2D eigenvalue weighted by Crippen LogP contribution is -2.42. The van der Waals surface area contributed by atoms with Crippen LogP contribution in [0.1, 0.15) is 57.9 Å². The number of sulfonamides is 1. The van der Waals surface area contributed by atoms with E-state index >= 15 is 0 Å². The first-order chi connectivity index (χ1) is 14.9. The largest absolute Gasteiger partial charge is 0.492 e. The number of nitrogens with zero attached hydrogens (tertiary/aromatic N) is 2. The zero-order chi connectivity index (χ0) is 23.5. The van der Waals surface area contributed by atoms with Gasteiger partial charge in [0.05, 0.1) is 17.9 Å². The van der Waals surface area contributed by atoms with Crippen molar-refractivity contribution in [3.8, 4) is 5.75 Å². The van der Waals surface area contributed by atoms with E-state index in [9.17, 15) is 13.2 Å². The van der Waals surface area contributed by atoms with Crippen LogP contribution in [0.2, 0.25) is 5.02 Å². The van der Waals surface area contributed by atoms with Gasteiger partial charge >= 0.3 is 6.09 Å².